The molecule has 1 aromatic carbocycles. The highest BCUT2D eigenvalue weighted by Crippen LogP contribution is 2.27. The van der Waals surface area contributed by atoms with E-state index in [9.17, 15) is 22.4 Å². The number of nitrogens with one attached hydrogen (secondary N) is 1. The molecule has 2 fully saturated rings. The number of rotatable bonds is 4. The van der Waals surface area contributed by atoms with Gasteiger partial charge >= 0.3 is 12.0 Å². The fourth-order valence-electron chi connectivity index (χ4n) is 3.67. The SMILES string of the molecule is COC(=O)C1CCN(C(=O)N[C@H]2CCCN2S(=O)(=O)c2ccccc2F)CC1. The summed E-state index contributed by atoms with van der Waals surface area (Å²) >= 11 is 0. The molecule has 8 nitrogen and oxygen atoms in total. The Kier molecular flexibility index (Phi) is 6.19. The van der Waals surface area contributed by atoms with Gasteiger partial charge in [0.1, 0.15) is 10.7 Å². The van der Waals surface area contributed by atoms with Crippen LogP contribution in [0.15, 0.2) is 29.2 Å². The van der Waals surface area contributed by atoms with Gasteiger partial charge in [0.05, 0.1) is 19.2 Å². The zero-order chi connectivity index (χ0) is 20.3. The maximum Gasteiger partial charge on any atom is 0.318 e. The van der Waals surface area contributed by atoms with Gasteiger partial charge in [0.15, 0.2) is 0 Å². The molecule has 10 heteroatoms. The van der Waals surface area contributed by atoms with Gasteiger partial charge in [0.25, 0.3) is 0 Å². The minimum absolute atomic E-state index is 0.214. The van der Waals surface area contributed by atoms with E-state index < -0.39 is 26.9 Å². The molecule has 0 unspecified atom stereocenters. The second kappa shape index (κ2) is 8.44. The lowest BCUT2D eigenvalue weighted by molar-refractivity contribution is -0.146. The Labute approximate surface area is 163 Å². The van der Waals surface area contributed by atoms with Gasteiger partial charge in [-0.1, -0.05) is 12.1 Å². The minimum atomic E-state index is -4.05. The highest BCUT2D eigenvalue weighted by molar-refractivity contribution is 7.89. The Morgan fingerprint density at radius 2 is 1.82 bits per heavy atom. The molecule has 2 aliphatic heterocycles. The molecule has 3 rings (SSSR count). The number of sulfonamides is 1. The van der Waals surface area contributed by atoms with E-state index in [1.807, 2.05) is 0 Å². The number of likely N-dealkylation sites (tertiary alicyclic amines) is 1. The fourth-order valence-corrected chi connectivity index (χ4v) is 5.35. The number of ether oxygens (including phenoxy) is 1. The summed E-state index contributed by atoms with van der Waals surface area (Å²) in [5.41, 5.74) is 0. The van der Waals surface area contributed by atoms with E-state index in [2.05, 4.69) is 5.32 Å². The zero-order valence-electron chi connectivity index (χ0n) is 15.6. The molecule has 2 aliphatic rings. The maximum absolute atomic E-state index is 14.0. The fraction of sp³-hybridized carbons (Fsp3) is 0.556. The zero-order valence-corrected chi connectivity index (χ0v) is 16.5. The summed E-state index contributed by atoms with van der Waals surface area (Å²) in [6, 6.07) is 4.83. The van der Waals surface area contributed by atoms with E-state index in [-0.39, 0.29) is 24.5 Å². The topological polar surface area (TPSA) is 96.0 Å². The summed E-state index contributed by atoms with van der Waals surface area (Å²) in [5.74, 6) is -1.32. The number of urea groups is 1. The van der Waals surface area contributed by atoms with Gasteiger partial charge in [-0.2, -0.15) is 4.31 Å². The lowest BCUT2D eigenvalue weighted by Gasteiger charge is -2.33. The van der Waals surface area contributed by atoms with E-state index in [1.54, 1.807) is 4.90 Å². The van der Waals surface area contributed by atoms with Gasteiger partial charge in [0.2, 0.25) is 10.0 Å². The van der Waals surface area contributed by atoms with Crippen molar-refractivity contribution in [3.63, 3.8) is 0 Å². The number of hydrogen-bond donors (Lipinski definition) is 1. The molecule has 1 atom stereocenters. The van der Waals surface area contributed by atoms with Crippen LogP contribution in [0.1, 0.15) is 25.7 Å². The summed E-state index contributed by atoms with van der Waals surface area (Å²) in [5, 5.41) is 2.75. The molecule has 0 radical (unpaired) electrons. The van der Waals surface area contributed by atoms with Gasteiger partial charge < -0.3 is 15.0 Å². The van der Waals surface area contributed by atoms with Crippen LogP contribution in [0.5, 0.6) is 0 Å². The molecule has 1 aromatic rings. The van der Waals surface area contributed by atoms with Crippen LogP contribution in [0.4, 0.5) is 9.18 Å². The Bertz CT molecular complexity index is 839. The van der Waals surface area contributed by atoms with E-state index >= 15 is 0 Å². The van der Waals surface area contributed by atoms with Crippen molar-refractivity contribution in [3.8, 4) is 0 Å². The van der Waals surface area contributed by atoms with Gasteiger partial charge in [-0.3, -0.25) is 4.79 Å². The molecule has 0 saturated carbocycles. The first kappa shape index (κ1) is 20.5. The maximum atomic E-state index is 14.0. The number of halogens is 1. The summed E-state index contributed by atoms with van der Waals surface area (Å²) in [4.78, 5) is 25.3. The molecule has 28 heavy (non-hydrogen) atoms. The largest absolute Gasteiger partial charge is 0.469 e. The Morgan fingerprint density at radius 3 is 2.46 bits per heavy atom. The minimum Gasteiger partial charge on any atom is -0.469 e. The lowest BCUT2D eigenvalue weighted by Crippen LogP contribution is -2.53. The average Bonchev–Trinajstić information content (AvgIpc) is 3.16. The molecule has 0 bridgehead atoms. The molecule has 0 spiro atoms. The Morgan fingerprint density at radius 1 is 1.14 bits per heavy atom. The summed E-state index contributed by atoms with van der Waals surface area (Å²) in [6.45, 7) is 0.989. The number of nitrogens with zero attached hydrogens (tertiary/aromatic N) is 2. The molecule has 1 N–H and O–H groups in total. The van der Waals surface area contributed by atoms with Crippen LogP contribution in [0.2, 0.25) is 0 Å². The Hall–Kier alpha value is -2.20. The van der Waals surface area contributed by atoms with Crippen LogP contribution in [0.25, 0.3) is 0 Å². The molecule has 2 saturated heterocycles. The first-order chi connectivity index (χ1) is 13.3. The average molecular weight is 413 g/mol. The molecule has 154 valence electrons. The number of carbonyl (C=O) groups excluding carboxylic acids is 2. The van der Waals surface area contributed by atoms with Gasteiger partial charge in [-0.25, -0.2) is 17.6 Å². The number of methoxy groups -OCH3 is 1. The van der Waals surface area contributed by atoms with Crippen molar-refractivity contribution in [2.45, 2.75) is 36.7 Å². The van der Waals surface area contributed by atoms with E-state index in [0.29, 0.717) is 38.8 Å². The first-order valence-corrected chi connectivity index (χ1v) is 10.7. The van der Waals surface area contributed by atoms with Crippen molar-refractivity contribution in [2.24, 2.45) is 5.92 Å². The Balaban J connectivity index is 1.65. The first-order valence-electron chi connectivity index (χ1n) is 9.24. The quantitative estimate of drug-likeness (QED) is 0.756. The summed E-state index contributed by atoms with van der Waals surface area (Å²) in [6.07, 6.45) is 1.31. The molecule has 0 aromatic heterocycles. The third kappa shape index (κ3) is 4.12. The van der Waals surface area contributed by atoms with Crippen molar-refractivity contribution in [3.05, 3.63) is 30.1 Å². The highest BCUT2D eigenvalue weighted by Gasteiger charge is 2.38. The van der Waals surface area contributed by atoms with Crippen LogP contribution in [-0.4, -0.2) is 62.5 Å². The number of carbonyl (C=O) groups is 2. The predicted molar refractivity (Wildman–Crippen MR) is 98.2 cm³/mol. The molecule has 2 amide bonds. The van der Waals surface area contributed by atoms with E-state index in [4.69, 9.17) is 4.74 Å². The molecular formula is C18H24FN3O5S. The number of amides is 2. The predicted octanol–water partition coefficient (Wildman–Crippen LogP) is 1.53. The van der Waals surface area contributed by atoms with Gasteiger partial charge in [-0.05, 0) is 37.8 Å². The van der Waals surface area contributed by atoms with Crippen LogP contribution in [0.3, 0.4) is 0 Å². The van der Waals surface area contributed by atoms with Crippen LogP contribution in [0, 0.1) is 11.7 Å². The standard InChI is InChI=1S/C18H24FN3O5S/c1-27-17(23)13-8-11-21(12-9-13)18(24)20-16-7-4-10-22(16)28(25,26)15-6-3-2-5-14(15)19/h2-3,5-6,13,16H,4,7-12H2,1H3,(H,20,24)/t16-/m1/s1. The molecule has 0 aliphatic carbocycles. The van der Waals surface area contributed by atoms with Crippen molar-refractivity contribution < 1.29 is 27.1 Å². The number of hydrogen-bond acceptors (Lipinski definition) is 5. The third-order valence-electron chi connectivity index (χ3n) is 5.23. The second-order valence-electron chi connectivity index (χ2n) is 6.94. The van der Waals surface area contributed by atoms with Crippen LogP contribution in [-0.2, 0) is 19.6 Å². The normalized spacial score (nSPS) is 21.5. The van der Waals surface area contributed by atoms with Gasteiger partial charge in [0, 0.05) is 19.6 Å². The second-order valence-corrected chi connectivity index (χ2v) is 8.80. The number of piperidine rings is 1. The summed E-state index contributed by atoms with van der Waals surface area (Å²) in [7, 11) is -2.71. The smallest absolute Gasteiger partial charge is 0.318 e. The van der Waals surface area contributed by atoms with Crippen molar-refractivity contribution in [1.29, 1.82) is 0 Å². The number of benzene rings is 1. The van der Waals surface area contributed by atoms with Crippen LogP contribution >= 0.6 is 0 Å². The van der Waals surface area contributed by atoms with Crippen molar-refractivity contribution >= 4 is 22.0 Å². The van der Waals surface area contributed by atoms with Crippen molar-refractivity contribution in [1.82, 2.24) is 14.5 Å². The molecular weight excluding hydrogens is 389 g/mol. The van der Waals surface area contributed by atoms with Crippen LogP contribution < -0.4 is 5.32 Å². The third-order valence-corrected chi connectivity index (χ3v) is 7.18. The monoisotopic (exact) mass is 413 g/mol. The van der Waals surface area contributed by atoms with E-state index in [0.717, 1.165) is 10.4 Å². The van der Waals surface area contributed by atoms with Gasteiger partial charge in [-0.15, -0.1) is 0 Å². The van der Waals surface area contributed by atoms with E-state index in [1.165, 1.54) is 25.3 Å². The van der Waals surface area contributed by atoms with Crippen molar-refractivity contribution in [2.75, 3.05) is 26.7 Å². The number of esters is 1. The highest BCUT2D eigenvalue weighted by atomic mass is 32.2. The lowest BCUT2D eigenvalue weighted by atomic mass is 9.97. The molecule has 2 heterocycles. The summed E-state index contributed by atoms with van der Waals surface area (Å²) < 4.78 is 45.6.